The third-order valence-corrected chi connectivity index (χ3v) is 9.63. The number of aliphatic carboxylic acids is 1. The van der Waals surface area contributed by atoms with Gasteiger partial charge in [0.15, 0.2) is 6.10 Å². The fourth-order valence-corrected chi connectivity index (χ4v) is 7.04. The summed E-state index contributed by atoms with van der Waals surface area (Å²) in [5.74, 6) is -0.997. The highest BCUT2D eigenvalue weighted by Crippen LogP contribution is 2.45. The molecule has 1 N–H and O–H groups in total. The Balaban J connectivity index is 1.62. The van der Waals surface area contributed by atoms with Crippen LogP contribution in [-0.4, -0.2) is 57.1 Å². The van der Waals surface area contributed by atoms with Crippen molar-refractivity contribution in [2.24, 2.45) is 5.41 Å². The van der Waals surface area contributed by atoms with Crippen LogP contribution in [0.25, 0.3) is 11.1 Å². The number of nitrogens with zero attached hydrogens (tertiary/aromatic N) is 4. The standard InChI is InChI=1S/C34H44N4O4S/c1-20-26(43-19-35-20)18-38-14-11-23-17-24(9-10-25(23)31(38)39)27-21(2)36-22(3)28(30(32(40)41)42-33(4,5)6)29(27)37-15-12-34(7,8)13-16-37/h9-10,17,19,30H,11-16,18H2,1-8H3,(H,40,41). The molecule has 2 aliphatic heterocycles. The predicted octanol–water partition coefficient (Wildman–Crippen LogP) is 6.90. The molecule has 9 heteroatoms. The topological polar surface area (TPSA) is 95.9 Å². The third-order valence-electron chi connectivity index (χ3n) is 8.71. The van der Waals surface area contributed by atoms with E-state index in [1.807, 2.05) is 64.1 Å². The molecule has 1 saturated heterocycles. The van der Waals surface area contributed by atoms with E-state index in [4.69, 9.17) is 9.72 Å². The van der Waals surface area contributed by atoms with E-state index in [9.17, 15) is 14.7 Å². The number of carbonyl (C=O) groups is 2. The second kappa shape index (κ2) is 11.7. The Morgan fingerprint density at radius 2 is 1.79 bits per heavy atom. The number of carboxylic acid groups (broad SMARTS) is 1. The molecule has 3 aromatic rings. The zero-order valence-corrected chi connectivity index (χ0v) is 27.5. The van der Waals surface area contributed by atoms with E-state index in [0.29, 0.717) is 24.3 Å². The molecule has 1 unspecified atom stereocenters. The highest BCUT2D eigenvalue weighted by Gasteiger charge is 2.37. The lowest BCUT2D eigenvalue weighted by atomic mass is 9.81. The van der Waals surface area contributed by atoms with E-state index in [1.165, 1.54) is 0 Å². The van der Waals surface area contributed by atoms with Crippen LogP contribution in [0.2, 0.25) is 0 Å². The third kappa shape index (κ3) is 6.48. The van der Waals surface area contributed by atoms with Crippen molar-refractivity contribution in [3.8, 4) is 11.1 Å². The number of fused-ring (bicyclic) bond motifs is 1. The average Bonchev–Trinajstić information content (AvgIpc) is 3.32. The number of aromatic nitrogens is 2. The Kier molecular flexibility index (Phi) is 8.44. The van der Waals surface area contributed by atoms with Crippen molar-refractivity contribution in [1.82, 2.24) is 14.9 Å². The van der Waals surface area contributed by atoms with E-state index in [2.05, 4.69) is 29.8 Å². The maximum Gasteiger partial charge on any atom is 0.337 e. The van der Waals surface area contributed by atoms with E-state index < -0.39 is 17.7 Å². The number of hydrogen-bond acceptors (Lipinski definition) is 7. The molecule has 1 aromatic carbocycles. The van der Waals surface area contributed by atoms with Crippen LogP contribution in [0.3, 0.4) is 0 Å². The molecule has 43 heavy (non-hydrogen) atoms. The minimum absolute atomic E-state index is 0.0306. The monoisotopic (exact) mass is 604 g/mol. The molecule has 0 radical (unpaired) electrons. The highest BCUT2D eigenvalue weighted by molar-refractivity contribution is 7.09. The van der Waals surface area contributed by atoms with Crippen molar-refractivity contribution >= 4 is 28.9 Å². The van der Waals surface area contributed by atoms with Crippen LogP contribution >= 0.6 is 11.3 Å². The van der Waals surface area contributed by atoms with E-state index in [-0.39, 0.29) is 11.3 Å². The van der Waals surface area contributed by atoms with Crippen LogP contribution in [0.15, 0.2) is 23.7 Å². The number of amides is 1. The summed E-state index contributed by atoms with van der Waals surface area (Å²) in [5.41, 5.74) is 8.95. The van der Waals surface area contributed by atoms with E-state index in [1.54, 1.807) is 11.3 Å². The van der Waals surface area contributed by atoms with Gasteiger partial charge in [-0.3, -0.25) is 9.78 Å². The van der Waals surface area contributed by atoms with Crippen molar-refractivity contribution in [1.29, 1.82) is 0 Å². The molecule has 2 aliphatic rings. The zero-order chi connectivity index (χ0) is 31.3. The first-order chi connectivity index (χ1) is 20.1. The molecule has 230 valence electrons. The van der Waals surface area contributed by atoms with Crippen molar-refractivity contribution in [2.45, 2.75) is 92.9 Å². The molecule has 1 amide bonds. The smallest absolute Gasteiger partial charge is 0.337 e. The Morgan fingerprint density at radius 3 is 2.40 bits per heavy atom. The average molecular weight is 605 g/mol. The minimum Gasteiger partial charge on any atom is -0.479 e. The number of ether oxygens (including phenoxy) is 1. The summed E-state index contributed by atoms with van der Waals surface area (Å²) >= 11 is 1.58. The molecule has 1 fully saturated rings. The van der Waals surface area contributed by atoms with Crippen LogP contribution in [-0.2, 0) is 22.5 Å². The summed E-state index contributed by atoms with van der Waals surface area (Å²) in [6, 6.07) is 6.05. The Morgan fingerprint density at radius 1 is 1.09 bits per heavy atom. The van der Waals surface area contributed by atoms with Crippen molar-refractivity contribution in [2.75, 3.05) is 24.5 Å². The lowest BCUT2D eigenvalue weighted by molar-refractivity contribution is -0.160. The maximum atomic E-state index is 13.5. The van der Waals surface area contributed by atoms with Gasteiger partial charge in [-0.1, -0.05) is 26.0 Å². The largest absolute Gasteiger partial charge is 0.479 e. The lowest BCUT2D eigenvalue weighted by Crippen LogP contribution is -2.39. The second-order valence-electron chi connectivity index (χ2n) is 13.7. The number of carbonyl (C=O) groups excluding carboxylic acids is 1. The Labute approximate surface area is 259 Å². The minimum atomic E-state index is -1.17. The molecule has 0 bridgehead atoms. The van der Waals surface area contributed by atoms with Gasteiger partial charge in [-0.05, 0) is 83.4 Å². The van der Waals surface area contributed by atoms with Crippen LogP contribution in [0.4, 0.5) is 5.69 Å². The molecule has 1 atom stereocenters. The van der Waals surface area contributed by atoms with Gasteiger partial charge in [0, 0.05) is 52.6 Å². The highest BCUT2D eigenvalue weighted by atomic mass is 32.1. The summed E-state index contributed by atoms with van der Waals surface area (Å²) in [7, 11) is 0. The normalized spacial score (nSPS) is 17.6. The van der Waals surface area contributed by atoms with Crippen molar-refractivity contribution < 1.29 is 19.4 Å². The zero-order valence-electron chi connectivity index (χ0n) is 26.7. The number of aryl methyl sites for hydroxylation is 3. The summed E-state index contributed by atoms with van der Waals surface area (Å²) in [6.45, 7) is 18.9. The number of hydrogen-bond donors (Lipinski definition) is 1. The molecule has 2 aromatic heterocycles. The summed E-state index contributed by atoms with van der Waals surface area (Å²) in [4.78, 5) is 40.9. The molecule has 4 heterocycles. The molecule has 0 saturated carbocycles. The molecular formula is C34H44N4O4S. The van der Waals surface area contributed by atoms with Crippen molar-refractivity contribution in [3.63, 3.8) is 0 Å². The summed E-state index contributed by atoms with van der Waals surface area (Å²) in [6.07, 6.45) is 1.58. The van der Waals surface area contributed by atoms with Gasteiger partial charge in [0.2, 0.25) is 0 Å². The fourth-order valence-electron chi connectivity index (χ4n) is 6.25. The van der Waals surface area contributed by atoms with Crippen LogP contribution in [0.1, 0.15) is 97.0 Å². The number of anilines is 1. The number of piperidine rings is 1. The van der Waals surface area contributed by atoms with E-state index >= 15 is 0 Å². The first kappa shape index (κ1) is 31.1. The summed E-state index contributed by atoms with van der Waals surface area (Å²) in [5, 5.41) is 10.5. The van der Waals surface area contributed by atoms with Crippen LogP contribution in [0, 0.1) is 26.2 Å². The summed E-state index contributed by atoms with van der Waals surface area (Å²) < 4.78 is 6.22. The number of rotatable bonds is 7. The molecular weight excluding hydrogens is 560 g/mol. The fraction of sp³-hybridized carbons (Fsp3) is 0.529. The predicted molar refractivity (Wildman–Crippen MR) is 171 cm³/mol. The van der Waals surface area contributed by atoms with Gasteiger partial charge in [0.05, 0.1) is 29.0 Å². The molecule has 0 spiro atoms. The van der Waals surface area contributed by atoms with Crippen LogP contribution in [0.5, 0.6) is 0 Å². The second-order valence-corrected chi connectivity index (χ2v) is 14.7. The van der Waals surface area contributed by atoms with Gasteiger partial charge >= 0.3 is 5.97 Å². The van der Waals surface area contributed by atoms with Crippen molar-refractivity contribution in [3.05, 3.63) is 62.4 Å². The molecule has 0 aliphatic carbocycles. The number of carboxylic acids is 1. The number of pyridine rings is 1. The van der Waals surface area contributed by atoms with Gasteiger partial charge in [-0.25, -0.2) is 9.78 Å². The SMILES string of the molecule is Cc1ncsc1CN1CCc2cc(-c3c(C)nc(C)c(C(OC(C)(C)C)C(=O)O)c3N3CCC(C)(C)CC3)ccc2C1=O. The number of thiazole rings is 1. The lowest BCUT2D eigenvalue weighted by Gasteiger charge is -2.41. The Hall–Kier alpha value is -3.30. The number of benzene rings is 1. The molecule has 5 rings (SSSR count). The quantitative estimate of drug-likeness (QED) is 0.314. The van der Waals surface area contributed by atoms with Crippen LogP contribution < -0.4 is 4.90 Å². The first-order valence-corrected chi connectivity index (χ1v) is 16.0. The van der Waals surface area contributed by atoms with Gasteiger partial charge < -0.3 is 19.6 Å². The van der Waals surface area contributed by atoms with E-state index in [0.717, 1.165) is 76.6 Å². The maximum absolute atomic E-state index is 13.5. The van der Waals surface area contributed by atoms with Gasteiger partial charge in [0.25, 0.3) is 5.91 Å². The Bertz CT molecular complexity index is 1540. The molecule has 8 nitrogen and oxygen atoms in total. The van der Waals surface area contributed by atoms with Gasteiger partial charge in [-0.2, -0.15) is 0 Å². The van der Waals surface area contributed by atoms with Gasteiger partial charge in [-0.15, -0.1) is 11.3 Å². The van der Waals surface area contributed by atoms with Gasteiger partial charge in [0.1, 0.15) is 0 Å². The first-order valence-electron chi connectivity index (χ1n) is 15.1.